The Labute approximate surface area is 179 Å². The molecule has 8 heteroatoms. The van der Waals surface area contributed by atoms with Crippen molar-refractivity contribution in [3.63, 3.8) is 0 Å². The lowest BCUT2D eigenvalue weighted by atomic mass is 10.1. The van der Waals surface area contributed by atoms with E-state index in [0.29, 0.717) is 17.8 Å². The molecule has 1 atom stereocenters. The highest BCUT2D eigenvalue weighted by atomic mass is 16.6. The summed E-state index contributed by atoms with van der Waals surface area (Å²) in [6, 6.07) is 21.9. The van der Waals surface area contributed by atoms with Gasteiger partial charge in [-0.3, -0.25) is 19.7 Å². The molecule has 0 heterocycles. The van der Waals surface area contributed by atoms with E-state index >= 15 is 0 Å². The molecule has 0 unspecified atom stereocenters. The van der Waals surface area contributed by atoms with E-state index in [0.717, 1.165) is 5.56 Å². The van der Waals surface area contributed by atoms with Crippen molar-refractivity contribution in [3.8, 4) is 5.75 Å². The number of rotatable bonds is 8. The lowest BCUT2D eigenvalue weighted by Crippen LogP contribution is -2.31. The number of carbonyl (C=O) groups excluding carboxylic acids is 2. The van der Waals surface area contributed by atoms with E-state index in [1.54, 1.807) is 30.3 Å². The van der Waals surface area contributed by atoms with Gasteiger partial charge in [-0.15, -0.1) is 0 Å². The fourth-order valence-corrected chi connectivity index (χ4v) is 2.85. The summed E-state index contributed by atoms with van der Waals surface area (Å²) in [5.41, 5.74) is 1.33. The molecular formula is C23H21N3O5. The van der Waals surface area contributed by atoms with E-state index < -0.39 is 16.9 Å². The molecule has 0 aliphatic carbocycles. The van der Waals surface area contributed by atoms with E-state index in [1.807, 2.05) is 30.3 Å². The van der Waals surface area contributed by atoms with Gasteiger partial charge in [0.1, 0.15) is 0 Å². The standard InChI is InChI=1S/C23H21N3O5/c1-16(31-21-14-8-7-13-20(21)26(29)30)22(27)25-19-12-6-5-11-18(19)23(28)24-15-17-9-3-2-4-10-17/h2-14,16H,15H2,1H3,(H,24,28)(H,25,27)/t16-/m0/s1. The van der Waals surface area contributed by atoms with E-state index in [-0.39, 0.29) is 17.3 Å². The van der Waals surface area contributed by atoms with Gasteiger partial charge < -0.3 is 15.4 Å². The first-order chi connectivity index (χ1) is 15.0. The second kappa shape index (κ2) is 10.0. The van der Waals surface area contributed by atoms with Crippen LogP contribution in [0.3, 0.4) is 0 Å². The molecule has 0 aliphatic heterocycles. The molecule has 0 fully saturated rings. The molecule has 0 saturated carbocycles. The van der Waals surface area contributed by atoms with Gasteiger partial charge in [0.2, 0.25) is 0 Å². The fourth-order valence-electron chi connectivity index (χ4n) is 2.85. The first-order valence-electron chi connectivity index (χ1n) is 9.58. The molecule has 158 valence electrons. The van der Waals surface area contributed by atoms with Crippen molar-refractivity contribution >= 4 is 23.2 Å². The number of hydrogen-bond acceptors (Lipinski definition) is 5. The number of anilines is 1. The Morgan fingerprint density at radius 1 is 0.968 bits per heavy atom. The SMILES string of the molecule is C[C@H](Oc1ccccc1[N+](=O)[O-])C(=O)Nc1ccccc1C(=O)NCc1ccccc1. The minimum Gasteiger partial charge on any atom is -0.474 e. The van der Waals surface area contributed by atoms with Crippen LogP contribution in [0.15, 0.2) is 78.9 Å². The average Bonchev–Trinajstić information content (AvgIpc) is 2.78. The quantitative estimate of drug-likeness (QED) is 0.425. The third-order valence-electron chi connectivity index (χ3n) is 4.46. The Morgan fingerprint density at radius 3 is 2.35 bits per heavy atom. The number of carbonyl (C=O) groups is 2. The number of nitro groups is 1. The van der Waals surface area contributed by atoms with Gasteiger partial charge in [0.05, 0.1) is 16.2 Å². The summed E-state index contributed by atoms with van der Waals surface area (Å²) in [6.45, 7) is 1.82. The molecule has 0 bridgehead atoms. The van der Waals surface area contributed by atoms with Gasteiger partial charge in [-0.2, -0.15) is 0 Å². The highest BCUT2D eigenvalue weighted by Gasteiger charge is 2.22. The molecule has 8 nitrogen and oxygen atoms in total. The zero-order chi connectivity index (χ0) is 22.2. The average molecular weight is 419 g/mol. The highest BCUT2D eigenvalue weighted by molar-refractivity contribution is 6.04. The van der Waals surface area contributed by atoms with Gasteiger partial charge in [-0.25, -0.2) is 0 Å². The largest absolute Gasteiger partial charge is 0.474 e. The first kappa shape index (κ1) is 21.5. The first-order valence-corrected chi connectivity index (χ1v) is 9.58. The molecule has 0 aromatic heterocycles. The second-order valence-corrected chi connectivity index (χ2v) is 6.69. The van der Waals surface area contributed by atoms with Crippen LogP contribution in [-0.4, -0.2) is 22.8 Å². The van der Waals surface area contributed by atoms with Crippen LogP contribution >= 0.6 is 0 Å². The number of para-hydroxylation sites is 3. The van der Waals surface area contributed by atoms with Crippen LogP contribution in [0.5, 0.6) is 5.75 Å². The summed E-state index contributed by atoms with van der Waals surface area (Å²) < 4.78 is 5.49. The minimum absolute atomic E-state index is 0.0101. The second-order valence-electron chi connectivity index (χ2n) is 6.69. The number of ether oxygens (including phenoxy) is 1. The predicted octanol–water partition coefficient (Wildman–Crippen LogP) is 3.93. The summed E-state index contributed by atoms with van der Waals surface area (Å²) >= 11 is 0. The van der Waals surface area contributed by atoms with Crippen LogP contribution in [0.2, 0.25) is 0 Å². The lowest BCUT2D eigenvalue weighted by molar-refractivity contribution is -0.386. The van der Waals surface area contributed by atoms with Crippen molar-refractivity contribution in [2.24, 2.45) is 0 Å². The number of nitrogens with one attached hydrogen (secondary N) is 2. The Bertz CT molecular complexity index is 1090. The molecular weight excluding hydrogens is 398 g/mol. The molecule has 3 aromatic carbocycles. The van der Waals surface area contributed by atoms with Gasteiger partial charge in [0.15, 0.2) is 11.9 Å². The van der Waals surface area contributed by atoms with Crippen molar-refractivity contribution in [1.82, 2.24) is 5.32 Å². The maximum absolute atomic E-state index is 12.6. The third-order valence-corrected chi connectivity index (χ3v) is 4.46. The van der Waals surface area contributed by atoms with Crippen LogP contribution in [-0.2, 0) is 11.3 Å². The topological polar surface area (TPSA) is 111 Å². The maximum atomic E-state index is 12.6. The molecule has 3 aromatic rings. The van der Waals surface area contributed by atoms with Crippen LogP contribution in [0.4, 0.5) is 11.4 Å². The molecule has 0 spiro atoms. The summed E-state index contributed by atoms with van der Waals surface area (Å²) in [5, 5.41) is 16.6. The van der Waals surface area contributed by atoms with E-state index in [9.17, 15) is 19.7 Å². The molecule has 31 heavy (non-hydrogen) atoms. The van der Waals surface area contributed by atoms with Crippen LogP contribution < -0.4 is 15.4 Å². The van der Waals surface area contributed by atoms with Gasteiger partial charge in [0, 0.05) is 12.6 Å². The highest BCUT2D eigenvalue weighted by Crippen LogP contribution is 2.27. The molecule has 0 saturated heterocycles. The van der Waals surface area contributed by atoms with Crippen LogP contribution in [0.1, 0.15) is 22.8 Å². The van der Waals surface area contributed by atoms with Crippen molar-refractivity contribution in [1.29, 1.82) is 0 Å². The number of benzene rings is 3. The Hall–Kier alpha value is -4.20. The smallest absolute Gasteiger partial charge is 0.310 e. The Morgan fingerprint density at radius 2 is 1.61 bits per heavy atom. The maximum Gasteiger partial charge on any atom is 0.310 e. The zero-order valence-electron chi connectivity index (χ0n) is 16.8. The monoisotopic (exact) mass is 419 g/mol. The number of nitro benzene ring substituents is 1. The molecule has 0 radical (unpaired) electrons. The van der Waals surface area contributed by atoms with Gasteiger partial charge in [0.25, 0.3) is 11.8 Å². The van der Waals surface area contributed by atoms with Crippen molar-refractivity contribution in [2.75, 3.05) is 5.32 Å². The van der Waals surface area contributed by atoms with Gasteiger partial charge in [-0.1, -0.05) is 54.6 Å². The number of hydrogen-bond donors (Lipinski definition) is 2. The van der Waals surface area contributed by atoms with E-state index in [1.165, 1.54) is 25.1 Å². The summed E-state index contributed by atoms with van der Waals surface area (Å²) in [5.74, 6) is -0.891. The van der Waals surface area contributed by atoms with Crippen molar-refractivity contribution < 1.29 is 19.2 Å². The normalized spacial score (nSPS) is 11.3. The number of amides is 2. The molecule has 2 amide bonds. The fraction of sp³-hybridized carbons (Fsp3) is 0.130. The number of nitrogens with zero attached hydrogens (tertiary/aromatic N) is 1. The summed E-state index contributed by atoms with van der Waals surface area (Å²) in [6.07, 6.45) is -1.03. The molecule has 2 N–H and O–H groups in total. The minimum atomic E-state index is -1.03. The Kier molecular flexibility index (Phi) is 6.95. The van der Waals surface area contributed by atoms with Crippen molar-refractivity contribution in [3.05, 3.63) is 100 Å². The van der Waals surface area contributed by atoms with Gasteiger partial charge >= 0.3 is 5.69 Å². The molecule has 3 rings (SSSR count). The summed E-state index contributed by atoms with van der Waals surface area (Å²) in [7, 11) is 0. The van der Waals surface area contributed by atoms with E-state index in [2.05, 4.69) is 10.6 Å². The van der Waals surface area contributed by atoms with Crippen LogP contribution in [0.25, 0.3) is 0 Å². The molecule has 0 aliphatic rings. The van der Waals surface area contributed by atoms with Gasteiger partial charge in [-0.05, 0) is 30.7 Å². The van der Waals surface area contributed by atoms with Crippen molar-refractivity contribution in [2.45, 2.75) is 19.6 Å². The Balaban J connectivity index is 1.68. The van der Waals surface area contributed by atoms with Crippen LogP contribution in [0, 0.1) is 10.1 Å². The summed E-state index contributed by atoms with van der Waals surface area (Å²) in [4.78, 5) is 35.8. The predicted molar refractivity (Wildman–Crippen MR) is 116 cm³/mol. The lowest BCUT2D eigenvalue weighted by Gasteiger charge is -2.16. The zero-order valence-corrected chi connectivity index (χ0v) is 16.8. The third kappa shape index (κ3) is 5.66. The van der Waals surface area contributed by atoms with E-state index in [4.69, 9.17) is 4.74 Å².